The minimum atomic E-state index is -0.0515. The fourth-order valence-corrected chi connectivity index (χ4v) is 15.0. The number of thiophene rings is 2. The van der Waals surface area contributed by atoms with Gasteiger partial charge in [-0.05, 0) is 145 Å². The summed E-state index contributed by atoms with van der Waals surface area (Å²) in [6.07, 6.45) is 2.36. The van der Waals surface area contributed by atoms with Crippen LogP contribution in [0.25, 0.3) is 74.3 Å². The molecule has 13 rings (SSSR count). The van der Waals surface area contributed by atoms with Gasteiger partial charge in [-0.25, -0.2) is 0 Å². The lowest BCUT2D eigenvalue weighted by Gasteiger charge is -2.42. The second-order valence-electron chi connectivity index (χ2n) is 25.2. The molecule has 0 N–H and O–H groups in total. The van der Waals surface area contributed by atoms with Crippen molar-refractivity contribution in [1.29, 1.82) is 0 Å². The molecule has 0 bridgehead atoms. The molecule has 2 aliphatic heterocycles. The fourth-order valence-electron chi connectivity index (χ4n) is 12.5. The van der Waals surface area contributed by atoms with Crippen LogP contribution in [0, 0.1) is 0 Å². The van der Waals surface area contributed by atoms with Crippen molar-refractivity contribution in [2.75, 3.05) is 4.90 Å². The Hall–Kier alpha value is -5.62. The zero-order valence-corrected chi connectivity index (χ0v) is 44.4. The van der Waals surface area contributed by atoms with Crippen LogP contribution in [0.2, 0.25) is 0 Å². The molecule has 0 spiro atoms. The molecular formula is C64H63BN2S2. The van der Waals surface area contributed by atoms with E-state index in [0.717, 1.165) is 0 Å². The standard InChI is InChI=1S/C64H63BN2S2/c1-60(2,3)37-23-25-49(41(29-37)36-19-15-14-16-20-36)66-57-46-33-47-48(64(12,13)28-27-63(47,10)11)35-52(46)69-59(57)65-55-43(34-53-54(58(55)66)40-21-17-18-22-51(40)68-53)45-32-39(62(7,8)9)31-44-42-30-38(61(4,5)6)24-26-50(42)67(65)56(44)45/h14-26,29-35H,27-28H2,1-13H3. The van der Waals surface area contributed by atoms with Gasteiger partial charge in [0.25, 0.3) is 0 Å². The van der Waals surface area contributed by atoms with Crippen LogP contribution in [0.15, 0.2) is 121 Å². The average molecular weight is 935 g/mol. The van der Waals surface area contributed by atoms with Gasteiger partial charge in [-0.3, -0.25) is 0 Å². The van der Waals surface area contributed by atoms with E-state index in [2.05, 4.69) is 232 Å². The summed E-state index contributed by atoms with van der Waals surface area (Å²) in [6.45, 7) is 31.2. The predicted octanol–water partition coefficient (Wildman–Crippen LogP) is 17.7. The molecule has 5 heteroatoms. The Kier molecular flexibility index (Phi) is 8.83. The highest BCUT2D eigenvalue weighted by molar-refractivity contribution is 7.32. The fraction of sp³-hybridized carbons (Fsp3) is 0.312. The molecule has 0 saturated carbocycles. The van der Waals surface area contributed by atoms with E-state index in [1.165, 1.54) is 142 Å². The summed E-state index contributed by atoms with van der Waals surface area (Å²) in [5.41, 5.74) is 20.5. The summed E-state index contributed by atoms with van der Waals surface area (Å²) in [5.74, 6) is 0. The van der Waals surface area contributed by atoms with Crippen LogP contribution in [-0.2, 0) is 27.1 Å². The number of fused-ring (bicyclic) bond motifs is 14. The molecule has 3 aromatic heterocycles. The molecule has 344 valence electrons. The number of aromatic nitrogens is 1. The number of hydrogen-bond acceptors (Lipinski definition) is 3. The van der Waals surface area contributed by atoms with E-state index in [1.54, 1.807) is 0 Å². The quantitative estimate of drug-likeness (QED) is 0.157. The van der Waals surface area contributed by atoms with Gasteiger partial charge in [0.2, 0.25) is 0 Å². The van der Waals surface area contributed by atoms with E-state index >= 15 is 0 Å². The van der Waals surface area contributed by atoms with Crippen molar-refractivity contribution < 1.29 is 0 Å². The smallest absolute Gasteiger partial charge is 0.343 e. The SMILES string of the molecule is CC(C)(C)c1ccc(N2c3c(sc4cc5c(cc34)C(C)(C)CCC5(C)C)B3c4c(cc5sc6ccccc6c5c42)-c2cc(C(C)(C)C)cc4c5cc(C(C)(C)C)ccc5n3c24)c(-c2ccccc2)c1. The lowest BCUT2D eigenvalue weighted by molar-refractivity contribution is 0.332. The monoisotopic (exact) mass is 934 g/mol. The third-order valence-corrected chi connectivity index (χ3v) is 19.0. The topological polar surface area (TPSA) is 8.17 Å². The van der Waals surface area contributed by atoms with Gasteiger partial charge in [0.15, 0.2) is 0 Å². The van der Waals surface area contributed by atoms with Crippen molar-refractivity contribution in [3.63, 3.8) is 0 Å². The highest BCUT2D eigenvalue weighted by atomic mass is 32.1. The summed E-state index contributed by atoms with van der Waals surface area (Å²) >= 11 is 4.01. The van der Waals surface area contributed by atoms with E-state index in [1.807, 2.05) is 11.3 Å². The Morgan fingerprint density at radius 3 is 1.83 bits per heavy atom. The van der Waals surface area contributed by atoms with Gasteiger partial charge in [-0.1, -0.05) is 151 Å². The zero-order chi connectivity index (χ0) is 48.1. The Morgan fingerprint density at radius 2 is 1.12 bits per heavy atom. The van der Waals surface area contributed by atoms with Gasteiger partial charge in [-0.15, -0.1) is 22.7 Å². The molecule has 10 aromatic rings. The third kappa shape index (κ3) is 6.15. The molecule has 0 unspecified atom stereocenters. The molecule has 7 aromatic carbocycles. The maximum absolute atomic E-state index is 2.81. The third-order valence-electron chi connectivity index (χ3n) is 16.7. The van der Waals surface area contributed by atoms with Gasteiger partial charge in [0, 0.05) is 68.0 Å². The van der Waals surface area contributed by atoms with Crippen molar-refractivity contribution in [3.8, 4) is 22.3 Å². The van der Waals surface area contributed by atoms with Crippen molar-refractivity contribution in [3.05, 3.63) is 149 Å². The van der Waals surface area contributed by atoms with Crippen molar-refractivity contribution >= 4 is 109 Å². The largest absolute Gasteiger partial charge is 0.375 e. The summed E-state index contributed by atoms with van der Waals surface area (Å²) < 4.78 is 8.31. The van der Waals surface area contributed by atoms with Crippen molar-refractivity contribution in [2.45, 2.75) is 130 Å². The summed E-state index contributed by atoms with van der Waals surface area (Å²) in [7, 11) is 0. The van der Waals surface area contributed by atoms with E-state index in [-0.39, 0.29) is 33.9 Å². The van der Waals surface area contributed by atoms with Gasteiger partial charge < -0.3 is 9.38 Å². The Balaban J connectivity index is 1.27. The maximum atomic E-state index is 2.81. The van der Waals surface area contributed by atoms with Crippen LogP contribution in [0.5, 0.6) is 0 Å². The molecule has 0 saturated heterocycles. The molecule has 5 heterocycles. The van der Waals surface area contributed by atoms with Crippen LogP contribution < -0.4 is 15.1 Å². The molecule has 3 aliphatic rings. The lowest BCUT2D eigenvalue weighted by atomic mass is 9.48. The molecule has 0 atom stereocenters. The first-order valence-corrected chi connectivity index (χ1v) is 27.0. The normalized spacial score (nSPS) is 16.2. The minimum absolute atomic E-state index is 0.0124. The van der Waals surface area contributed by atoms with Crippen molar-refractivity contribution in [1.82, 2.24) is 4.48 Å². The molecular weight excluding hydrogens is 872 g/mol. The van der Waals surface area contributed by atoms with Crippen LogP contribution in [0.1, 0.15) is 131 Å². The first kappa shape index (κ1) is 43.4. The molecule has 0 radical (unpaired) electrons. The van der Waals surface area contributed by atoms with Gasteiger partial charge in [0.05, 0.1) is 17.1 Å². The number of hydrogen-bond donors (Lipinski definition) is 0. The minimum Gasteiger partial charge on any atom is -0.375 e. The zero-order valence-electron chi connectivity index (χ0n) is 42.7. The highest BCUT2D eigenvalue weighted by Gasteiger charge is 2.48. The average Bonchev–Trinajstić information content (AvgIpc) is 3.97. The first-order valence-electron chi connectivity index (χ1n) is 25.3. The van der Waals surface area contributed by atoms with Gasteiger partial charge >= 0.3 is 6.85 Å². The van der Waals surface area contributed by atoms with Crippen LogP contribution >= 0.6 is 22.7 Å². The van der Waals surface area contributed by atoms with Gasteiger partial charge in [-0.2, -0.15) is 0 Å². The first-order chi connectivity index (χ1) is 32.6. The molecule has 69 heavy (non-hydrogen) atoms. The van der Waals surface area contributed by atoms with Crippen LogP contribution in [-0.4, -0.2) is 11.3 Å². The number of anilines is 3. The summed E-state index contributed by atoms with van der Waals surface area (Å²) in [5, 5.41) is 6.80. The molecule has 0 amide bonds. The van der Waals surface area contributed by atoms with Gasteiger partial charge in [0.1, 0.15) is 0 Å². The number of benzene rings is 7. The second-order valence-corrected chi connectivity index (χ2v) is 27.4. The Bertz CT molecular complexity index is 3850. The second kappa shape index (κ2) is 14.0. The number of nitrogens with zero attached hydrogens (tertiary/aromatic N) is 2. The van der Waals surface area contributed by atoms with Crippen molar-refractivity contribution in [2.24, 2.45) is 0 Å². The predicted molar refractivity (Wildman–Crippen MR) is 305 cm³/mol. The lowest BCUT2D eigenvalue weighted by Crippen LogP contribution is -2.55. The van der Waals surface area contributed by atoms with Crippen LogP contribution in [0.3, 0.4) is 0 Å². The molecule has 2 nitrogen and oxygen atoms in total. The summed E-state index contributed by atoms with van der Waals surface area (Å²) in [4.78, 5) is 2.80. The Labute approximate surface area is 417 Å². The van der Waals surface area contributed by atoms with Crippen LogP contribution in [0.4, 0.5) is 17.1 Å². The highest BCUT2D eigenvalue weighted by Crippen LogP contribution is 2.57. The number of rotatable bonds is 2. The molecule has 1 aliphatic carbocycles. The maximum Gasteiger partial charge on any atom is 0.343 e. The Morgan fingerprint density at radius 1 is 0.493 bits per heavy atom. The molecule has 0 fully saturated rings. The summed E-state index contributed by atoms with van der Waals surface area (Å²) in [6, 6.07) is 48.3. The van der Waals surface area contributed by atoms with E-state index in [4.69, 9.17) is 0 Å². The van der Waals surface area contributed by atoms with E-state index in [9.17, 15) is 0 Å². The van der Waals surface area contributed by atoms with E-state index < -0.39 is 0 Å². The van der Waals surface area contributed by atoms with E-state index in [0.29, 0.717) is 0 Å².